The van der Waals surface area contributed by atoms with Crippen LogP contribution >= 0.6 is 0 Å². The summed E-state index contributed by atoms with van der Waals surface area (Å²) < 4.78 is 12.3. The van der Waals surface area contributed by atoms with Crippen LogP contribution in [-0.2, 0) is 17.8 Å². The van der Waals surface area contributed by atoms with Gasteiger partial charge in [0.25, 0.3) is 11.1 Å². The first-order valence-corrected chi connectivity index (χ1v) is 11.0. The Labute approximate surface area is 191 Å². The van der Waals surface area contributed by atoms with Gasteiger partial charge in [0.15, 0.2) is 0 Å². The first kappa shape index (κ1) is 22.7. The highest BCUT2D eigenvalue weighted by Gasteiger charge is 2.36. The lowest BCUT2D eigenvalue weighted by Gasteiger charge is -2.44. The second kappa shape index (κ2) is 9.57. The largest absolute Gasteiger partial charge is 0.377 e. The maximum atomic E-state index is 12.8. The van der Waals surface area contributed by atoms with Crippen LogP contribution in [-0.4, -0.2) is 56.0 Å². The van der Waals surface area contributed by atoms with Crippen molar-refractivity contribution in [2.75, 3.05) is 29.6 Å². The Balaban J connectivity index is 0.000000318. The van der Waals surface area contributed by atoms with E-state index < -0.39 is 0 Å². The third-order valence-electron chi connectivity index (χ3n) is 5.96. The fraction of sp³-hybridized carbons (Fsp3) is 0.500. The summed E-state index contributed by atoms with van der Waals surface area (Å²) in [5.41, 5.74) is 0.568. The van der Waals surface area contributed by atoms with Crippen molar-refractivity contribution in [3.63, 3.8) is 0 Å². The van der Waals surface area contributed by atoms with Gasteiger partial charge in [0, 0.05) is 43.0 Å². The molecule has 5 heterocycles. The summed E-state index contributed by atoms with van der Waals surface area (Å²) in [4.78, 5) is 38.1. The zero-order chi connectivity index (χ0) is 23.4. The molecule has 1 atom stereocenters. The van der Waals surface area contributed by atoms with E-state index in [9.17, 15) is 9.59 Å². The Bertz CT molecular complexity index is 1150. The summed E-state index contributed by atoms with van der Waals surface area (Å²) in [6.07, 6.45) is 5.23. The number of aromatic amines is 1. The minimum absolute atomic E-state index is 0.00987. The fourth-order valence-electron chi connectivity index (χ4n) is 3.97. The van der Waals surface area contributed by atoms with Crippen molar-refractivity contribution in [2.24, 2.45) is 0 Å². The molecule has 0 radical (unpaired) electrons. The van der Waals surface area contributed by atoms with E-state index in [4.69, 9.17) is 14.2 Å². The monoisotopic (exact) mass is 455 g/mol. The van der Waals surface area contributed by atoms with Crippen molar-refractivity contribution in [1.82, 2.24) is 24.7 Å². The van der Waals surface area contributed by atoms with Crippen LogP contribution in [0.3, 0.4) is 0 Å². The van der Waals surface area contributed by atoms with Crippen molar-refractivity contribution >= 4 is 11.8 Å². The van der Waals surface area contributed by atoms with Gasteiger partial charge in [-0.15, -0.1) is 0 Å². The van der Waals surface area contributed by atoms with E-state index in [-0.39, 0.29) is 22.7 Å². The molecule has 0 bridgehead atoms. The molecule has 2 aliphatic rings. The van der Waals surface area contributed by atoms with Gasteiger partial charge in [-0.3, -0.25) is 14.2 Å². The summed E-state index contributed by atoms with van der Waals surface area (Å²) in [6.45, 7) is 9.70. The smallest absolute Gasteiger partial charge is 0.257 e. The van der Waals surface area contributed by atoms with E-state index in [0.717, 1.165) is 24.5 Å². The molecule has 0 aromatic carbocycles. The van der Waals surface area contributed by atoms with Gasteiger partial charge in [-0.25, -0.2) is 4.98 Å². The first-order chi connectivity index (χ1) is 15.8. The number of morpholine rings is 1. The molecule has 0 amide bonds. The van der Waals surface area contributed by atoms with Crippen molar-refractivity contribution in [3.8, 4) is 0 Å². The predicted molar refractivity (Wildman–Crippen MR) is 122 cm³/mol. The Morgan fingerprint density at radius 3 is 2.73 bits per heavy atom. The van der Waals surface area contributed by atoms with E-state index in [1.165, 1.54) is 18.6 Å². The summed E-state index contributed by atoms with van der Waals surface area (Å²) in [7, 11) is 0. The molecule has 1 saturated heterocycles. The number of nitrogens with zero attached hydrogens (tertiary/aromatic N) is 6. The molecule has 1 N–H and O–H groups in total. The number of aromatic nitrogens is 5. The van der Waals surface area contributed by atoms with Crippen LogP contribution in [0.25, 0.3) is 0 Å². The lowest BCUT2D eigenvalue weighted by molar-refractivity contribution is 0.0985. The minimum atomic E-state index is -0.131. The van der Waals surface area contributed by atoms with Gasteiger partial charge >= 0.3 is 0 Å². The minimum Gasteiger partial charge on any atom is -0.377 e. The highest BCUT2D eigenvalue weighted by atomic mass is 16.5. The summed E-state index contributed by atoms with van der Waals surface area (Å²) in [6, 6.07) is 5.05. The highest BCUT2D eigenvalue weighted by molar-refractivity contribution is 5.48. The Morgan fingerprint density at radius 2 is 2.09 bits per heavy atom. The zero-order valence-corrected chi connectivity index (χ0v) is 19.1. The molecule has 176 valence electrons. The second-order valence-corrected chi connectivity index (χ2v) is 8.76. The van der Waals surface area contributed by atoms with Crippen LogP contribution in [0.1, 0.15) is 32.9 Å². The van der Waals surface area contributed by atoms with Gasteiger partial charge in [-0.2, -0.15) is 4.98 Å². The molecular formula is C22H29N7O4. The molecule has 33 heavy (non-hydrogen) atoms. The summed E-state index contributed by atoms with van der Waals surface area (Å²) in [5.74, 6) is 1.42. The fourth-order valence-corrected chi connectivity index (χ4v) is 3.97. The number of H-pyrrole nitrogens is 1. The molecule has 11 nitrogen and oxygen atoms in total. The Hall–Kier alpha value is -3.47. The summed E-state index contributed by atoms with van der Waals surface area (Å²) in [5, 5.41) is 4.04. The Morgan fingerprint density at radius 1 is 1.24 bits per heavy atom. The molecule has 5 rings (SSSR count). The number of rotatable bonds is 3. The van der Waals surface area contributed by atoms with Gasteiger partial charge in [-0.05, 0) is 27.2 Å². The maximum Gasteiger partial charge on any atom is 0.257 e. The quantitative estimate of drug-likeness (QED) is 0.624. The lowest BCUT2D eigenvalue weighted by atomic mass is 9.96. The van der Waals surface area contributed by atoms with Crippen LogP contribution in [0.5, 0.6) is 0 Å². The van der Waals surface area contributed by atoms with E-state index in [1.54, 1.807) is 16.9 Å². The van der Waals surface area contributed by atoms with Gasteiger partial charge in [0.05, 0.1) is 32.1 Å². The third kappa shape index (κ3) is 5.14. The molecule has 0 unspecified atom stereocenters. The standard InChI is InChI=1S/C18H25N5O3.C4H4N2O/c1-13-12-25-9-7-21(13)15-10-16(24)22-6-5-18(2,3)23(17(22)19-15)11-14-4-8-26-20-14;7-4-1-2-5-3-6-4/h4,8,10,13H,5-7,9,11-12H2,1-3H3;1-3H,(H,5,6,7)/t13-;/m1./s1. The molecule has 3 aromatic rings. The predicted octanol–water partition coefficient (Wildman–Crippen LogP) is 1.42. The maximum absolute atomic E-state index is 12.8. The average molecular weight is 456 g/mol. The normalized spacial score (nSPS) is 19.4. The van der Waals surface area contributed by atoms with Crippen LogP contribution in [0.15, 0.2) is 51.1 Å². The molecule has 2 aliphatic heterocycles. The van der Waals surface area contributed by atoms with Crippen molar-refractivity contribution in [2.45, 2.75) is 51.9 Å². The number of hydrogen-bond acceptors (Lipinski definition) is 9. The van der Waals surface area contributed by atoms with Crippen molar-refractivity contribution in [1.29, 1.82) is 0 Å². The summed E-state index contributed by atoms with van der Waals surface area (Å²) >= 11 is 0. The van der Waals surface area contributed by atoms with Crippen LogP contribution < -0.4 is 20.9 Å². The second-order valence-electron chi connectivity index (χ2n) is 8.76. The molecule has 3 aromatic heterocycles. The van der Waals surface area contributed by atoms with Gasteiger partial charge in [-0.1, -0.05) is 5.16 Å². The number of anilines is 2. The SMILES string of the molecule is C[C@@H]1COCCN1c1cc(=O)n2c(n1)N(Cc1ccon1)C(C)(C)CC2.O=c1ccnc[nH]1. The molecule has 0 spiro atoms. The highest BCUT2D eigenvalue weighted by Crippen LogP contribution is 2.33. The molecule has 11 heteroatoms. The number of hydrogen-bond donors (Lipinski definition) is 1. The van der Waals surface area contributed by atoms with Crippen molar-refractivity contribution < 1.29 is 9.26 Å². The molecule has 0 aliphatic carbocycles. The van der Waals surface area contributed by atoms with Gasteiger partial charge in [0.2, 0.25) is 5.95 Å². The average Bonchev–Trinajstić information content (AvgIpc) is 3.30. The number of ether oxygens (including phenoxy) is 1. The third-order valence-corrected chi connectivity index (χ3v) is 5.96. The first-order valence-electron chi connectivity index (χ1n) is 11.0. The number of nitrogens with one attached hydrogen (secondary N) is 1. The lowest BCUT2D eigenvalue weighted by Crippen LogP contribution is -2.52. The van der Waals surface area contributed by atoms with E-state index in [0.29, 0.717) is 32.3 Å². The van der Waals surface area contributed by atoms with E-state index in [1.807, 2.05) is 6.07 Å². The van der Waals surface area contributed by atoms with Gasteiger partial charge < -0.3 is 24.0 Å². The van der Waals surface area contributed by atoms with Crippen LogP contribution in [0, 0.1) is 0 Å². The topological polar surface area (TPSA) is 122 Å². The van der Waals surface area contributed by atoms with Crippen LogP contribution in [0.4, 0.5) is 11.8 Å². The molecule has 0 saturated carbocycles. The zero-order valence-electron chi connectivity index (χ0n) is 19.1. The number of fused-ring (bicyclic) bond motifs is 1. The Kier molecular flexibility index (Phi) is 6.59. The van der Waals surface area contributed by atoms with E-state index in [2.05, 4.69) is 45.7 Å². The molecular weight excluding hydrogens is 426 g/mol. The van der Waals surface area contributed by atoms with E-state index >= 15 is 0 Å². The molecule has 1 fully saturated rings. The van der Waals surface area contributed by atoms with Crippen molar-refractivity contribution in [3.05, 3.63) is 63.4 Å². The van der Waals surface area contributed by atoms with Crippen LogP contribution in [0.2, 0.25) is 0 Å². The van der Waals surface area contributed by atoms with Gasteiger partial charge in [0.1, 0.15) is 17.8 Å².